The quantitative estimate of drug-likeness (QED) is 0.419. The van der Waals surface area contributed by atoms with Gasteiger partial charge in [0.05, 0.1) is 19.3 Å². The topological polar surface area (TPSA) is 102 Å². The molecule has 7 unspecified atom stereocenters. The van der Waals surface area contributed by atoms with Crippen LogP contribution in [0.2, 0.25) is 0 Å². The Morgan fingerprint density at radius 1 is 1.16 bits per heavy atom. The number of alkyl halides is 2. The summed E-state index contributed by atoms with van der Waals surface area (Å²) in [7, 11) is -5.86. The summed E-state index contributed by atoms with van der Waals surface area (Å²) in [4.78, 5) is 11.7. The first-order chi connectivity index (χ1) is 11.7. The standard InChI is InChI=1S/C15H20F2O7S/c16-15(17,25(19,20)21)14(18)24-13-9-2-7-1-8(4-9)12(11(13)3-7)23-6-10-5-22-10/h7-13H,1-6H2,(H,19,20,21). The summed E-state index contributed by atoms with van der Waals surface area (Å²) in [6, 6.07) is 0. The van der Waals surface area contributed by atoms with Crippen molar-refractivity contribution in [1.82, 2.24) is 0 Å². The van der Waals surface area contributed by atoms with E-state index in [-0.39, 0.29) is 24.0 Å². The van der Waals surface area contributed by atoms with Crippen molar-refractivity contribution in [1.29, 1.82) is 0 Å². The van der Waals surface area contributed by atoms with Crippen LogP contribution < -0.4 is 0 Å². The summed E-state index contributed by atoms with van der Waals surface area (Å²) in [6.07, 6.45) is 2.28. The van der Waals surface area contributed by atoms with Crippen LogP contribution in [-0.2, 0) is 29.1 Å². The molecule has 0 spiro atoms. The van der Waals surface area contributed by atoms with Gasteiger partial charge in [0.25, 0.3) is 0 Å². The van der Waals surface area contributed by atoms with E-state index in [1.807, 2.05) is 0 Å². The number of rotatable bonds is 6. The first-order valence-electron chi connectivity index (χ1n) is 8.46. The number of hydrogen-bond donors (Lipinski definition) is 1. The summed E-state index contributed by atoms with van der Waals surface area (Å²) in [6.45, 7) is 1.07. The summed E-state index contributed by atoms with van der Waals surface area (Å²) < 4.78 is 73.2. The lowest BCUT2D eigenvalue weighted by atomic mass is 9.53. The molecule has 1 heterocycles. The number of hydrogen-bond acceptors (Lipinski definition) is 6. The van der Waals surface area contributed by atoms with Gasteiger partial charge < -0.3 is 14.2 Å². The molecular weight excluding hydrogens is 362 g/mol. The lowest BCUT2D eigenvalue weighted by Gasteiger charge is -2.57. The van der Waals surface area contributed by atoms with Crippen LogP contribution in [0.4, 0.5) is 8.78 Å². The van der Waals surface area contributed by atoms with E-state index in [2.05, 4.69) is 0 Å². The zero-order valence-corrected chi connectivity index (χ0v) is 14.2. The highest BCUT2D eigenvalue weighted by Crippen LogP contribution is 2.56. The molecule has 5 rings (SSSR count). The number of ether oxygens (including phenoxy) is 3. The van der Waals surface area contributed by atoms with Gasteiger partial charge in [-0.1, -0.05) is 0 Å². The molecule has 4 aliphatic carbocycles. The van der Waals surface area contributed by atoms with Crippen molar-refractivity contribution < 1.29 is 40.8 Å². The fourth-order valence-electron chi connectivity index (χ4n) is 4.93. The van der Waals surface area contributed by atoms with Gasteiger partial charge in [-0.05, 0) is 43.4 Å². The van der Waals surface area contributed by atoms with Gasteiger partial charge in [-0.3, -0.25) is 4.55 Å². The largest absolute Gasteiger partial charge is 0.465 e. The minimum atomic E-state index is -5.86. The van der Waals surface area contributed by atoms with Gasteiger partial charge in [0.1, 0.15) is 12.2 Å². The summed E-state index contributed by atoms with van der Waals surface area (Å²) in [5.41, 5.74) is 0. The van der Waals surface area contributed by atoms with Crippen molar-refractivity contribution >= 4 is 16.1 Å². The third-order valence-corrected chi connectivity index (χ3v) is 6.75. The van der Waals surface area contributed by atoms with Gasteiger partial charge >= 0.3 is 21.3 Å². The van der Waals surface area contributed by atoms with Crippen LogP contribution in [0.1, 0.15) is 25.7 Å². The Bertz CT molecular complexity index is 663. The fourth-order valence-corrected chi connectivity index (χ4v) is 5.18. The van der Waals surface area contributed by atoms with E-state index in [4.69, 9.17) is 18.8 Å². The van der Waals surface area contributed by atoms with Crippen molar-refractivity contribution in [3.63, 3.8) is 0 Å². The lowest BCUT2D eigenvalue weighted by molar-refractivity contribution is -0.212. The van der Waals surface area contributed by atoms with E-state index >= 15 is 0 Å². The number of epoxide rings is 1. The zero-order chi connectivity index (χ0) is 18.0. The molecule has 5 aliphatic rings. The minimum Gasteiger partial charge on any atom is -0.456 e. The van der Waals surface area contributed by atoms with Crippen LogP contribution in [0, 0.1) is 23.7 Å². The van der Waals surface area contributed by atoms with Crippen LogP contribution in [0.3, 0.4) is 0 Å². The highest BCUT2D eigenvalue weighted by atomic mass is 32.2. The molecule has 0 radical (unpaired) electrons. The molecule has 7 atom stereocenters. The number of esters is 1. The molecule has 0 amide bonds. The van der Waals surface area contributed by atoms with Gasteiger partial charge in [0.2, 0.25) is 0 Å². The van der Waals surface area contributed by atoms with Gasteiger partial charge in [-0.25, -0.2) is 4.79 Å². The van der Waals surface area contributed by atoms with Crippen molar-refractivity contribution in [2.24, 2.45) is 23.7 Å². The molecule has 7 nitrogen and oxygen atoms in total. The highest BCUT2D eigenvalue weighted by molar-refractivity contribution is 7.87. The van der Waals surface area contributed by atoms with Gasteiger partial charge in [0, 0.05) is 5.92 Å². The molecule has 5 fully saturated rings. The van der Waals surface area contributed by atoms with Crippen LogP contribution >= 0.6 is 0 Å². The van der Waals surface area contributed by atoms with Gasteiger partial charge in [-0.2, -0.15) is 17.2 Å². The third-order valence-electron chi connectivity index (χ3n) is 5.94. The van der Waals surface area contributed by atoms with Gasteiger partial charge in [-0.15, -0.1) is 0 Å². The van der Waals surface area contributed by atoms with Gasteiger partial charge in [0.15, 0.2) is 0 Å². The summed E-state index contributed by atoms with van der Waals surface area (Å²) in [5, 5.41) is -4.96. The summed E-state index contributed by atoms with van der Waals surface area (Å²) >= 11 is 0. The van der Waals surface area contributed by atoms with E-state index in [1.54, 1.807) is 0 Å². The molecular formula is C15H20F2O7S. The second-order valence-electron chi connectivity index (χ2n) is 7.61. The molecule has 0 aromatic heterocycles. The fraction of sp³-hybridized carbons (Fsp3) is 0.933. The monoisotopic (exact) mass is 382 g/mol. The van der Waals surface area contributed by atoms with Crippen molar-refractivity contribution in [2.75, 3.05) is 13.2 Å². The van der Waals surface area contributed by atoms with Crippen molar-refractivity contribution in [2.45, 2.75) is 49.2 Å². The SMILES string of the molecule is O=C(OC1C2CC3CC(C2)C(OCC2CO2)C1C3)C(F)(F)S(=O)(=O)O. The molecule has 1 N–H and O–H groups in total. The molecule has 1 saturated heterocycles. The van der Waals surface area contributed by atoms with Crippen LogP contribution in [0.15, 0.2) is 0 Å². The molecule has 1 aliphatic heterocycles. The molecule has 0 aromatic rings. The Morgan fingerprint density at radius 3 is 2.40 bits per heavy atom. The van der Waals surface area contributed by atoms with Crippen LogP contribution in [0.5, 0.6) is 0 Å². The normalized spacial score (nSPS) is 42.4. The summed E-state index contributed by atoms with van der Waals surface area (Å²) in [5.74, 6) is -1.74. The molecule has 4 bridgehead atoms. The predicted octanol–water partition coefficient (Wildman–Crippen LogP) is 1.23. The van der Waals surface area contributed by atoms with E-state index in [9.17, 15) is 22.0 Å². The number of halogens is 2. The Morgan fingerprint density at radius 2 is 1.80 bits per heavy atom. The Balaban J connectivity index is 1.49. The molecule has 25 heavy (non-hydrogen) atoms. The van der Waals surface area contributed by atoms with E-state index in [0.717, 1.165) is 12.8 Å². The second-order valence-corrected chi connectivity index (χ2v) is 9.07. The maximum absolute atomic E-state index is 13.5. The maximum atomic E-state index is 13.5. The van der Waals surface area contributed by atoms with Crippen molar-refractivity contribution in [3.05, 3.63) is 0 Å². The Kier molecular flexibility index (Phi) is 4.10. The maximum Gasteiger partial charge on any atom is 0.465 e. The molecule has 142 valence electrons. The van der Waals surface area contributed by atoms with E-state index < -0.39 is 27.4 Å². The average Bonchev–Trinajstić information content (AvgIpc) is 3.32. The first-order valence-corrected chi connectivity index (χ1v) is 9.90. The first kappa shape index (κ1) is 17.6. The number of carbonyl (C=O) groups is 1. The molecule has 10 heteroatoms. The van der Waals surface area contributed by atoms with Crippen LogP contribution in [0.25, 0.3) is 0 Å². The smallest absolute Gasteiger partial charge is 0.456 e. The molecule has 0 aromatic carbocycles. The highest BCUT2D eigenvalue weighted by Gasteiger charge is 2.60. The Hall–Kier alpha value is -0.840. The Labute approximate surface area is 143 Å². The average molecular weight is 382 g/mol. The van der Waals surface area contributed by atoms with Crippen molar-refractivity contribution in [3.8, 4) is 0 Å². The van der Waals surface area contributed by atoms with E-state index in [1.165, 1.54) is 0 Å². The second kappa shape index (κ2) is 5.83. The van der Waals surface area contributed by atoms with Crippen LogP contribution in [-0.4, -0.2) is 55.7 Å². The van der Waals surface area contributed by atoms with E-state index in [0.29, 0.717) is 37.9 Å². The predicted molar refractivity (Wildman–Crippen MR) is 78.3 cm³/mol. The lowest BCUT2D eigenvalue weighted by Crippen LogP contribution is -2.59. The minimum absolute atomic E-state index is 0.0688. The molecule has 4 saturated carbocycles. The third kappa shape index (κ3) is 3.07. The zero-order valence-electron chi connectivity index (χ0n) is 13.3. The number of carbonyl (C=O) groups excluding carboxylic acids is 1.